The fourth-order valence-corrected chi connectivity index (χ4v) is 3.63. The lowest BCUT2D eigenvalue weighted by Gasteiger charge is -2.11. The second-order valence-corrected chi connectivity index (χ2v) is 7.03. The molecule has 0 unspecified atom stereocenters. The van der Waals surface area contributed by atoms with Gasteiger partial charge in [-0.1, -0.05) is 36.4 Å². The van der Waals surface area contributed by atoms with E-state index >= 15 is 0 Å². The fourth-order valence-electron chi connectivity index (χ4n) is 3.63. The quantitative estimate of drug-likeness (QED) is 0.423. The Balaban J connectivity index is 1.73. The molecule has 5 aromatic rings. The summed E-state index contributed by atoms with van der Waals surface area (Å²) in [6.45, 7) is 1.84. The molecule has 9 heteroatoms. The van der Waals surface area contributed by atoms with Crippen molar-refractivity contribution >= 4 is 16.7 Å². The summed E-state index contributed by atoms with van der Waals surface area (Å²) < 4.78 is 41.9. The number of aryl methyl sites for hydroxylation is 1. The SMILES string of the molecule is Cc1nn2c(nnc3c(=O)n(-c4cccc(C(F)(F)F)c4)ccc32)c1-c1ccccc1. The molecule has 154 valence electrons. The van der Waals surface area contributed by atoms with E-state index in [4.69, 9.17) is 0 Å². The molecule has 0 aliphatic carbocycles. The predicted molar refractivity (Wildman–Crippen MR) is 109 cm³/mol. The molecule has 0 spiro atoms. The van der Waals surface area contributed by atoms with E-state index in [2.05, 4.69) is 15.3 Å². The van der Waals surface area contributed by atoms with Crippen molar-refractivity contribution in [2.75, 3.05) is 0 Å². The van der Waals surface area contributed by atoms with Gasteiger partial charge in [0.1, 0.15) is 5.52 Å². The minimum atomic E-state index is -4.51. The largest absolute Gasteiger partial charge is 0.416 e. The average molecular weight is 421 g/mol. The number of hydrogen-bond donors (Lipinski definition) is 0. The normalized spacial score (nSPS) is 12.0. The molecule has 2 aromatic carbocycles. The summed E-state index contributed by atoms with van der Waals surface area (Å²) in [5, 5.41) is 12.8. The lowest BCUT2D eigenvalue weighted by Crippen LogP contribution is -2.20. The van der Waals surface area contributed by atoms with Crippen molar-refractivity contribution < 1.29 is 13.2 Å². The van der Waals surface area contributed by atoms with E-state index in [1.165, 1.54) is 22.8 Å². The molecule has 0 saturated carbocycles. The lowest BCUT2D eigenvalue weighted by atomic mass is 10.1. The van der Waals surface area contributed by atoms with Crippen molar-refractivity contribution in [3.63, 3.8) is 0 Å². The summed E-state index contributed by atoms with van der Waals surface area (Å²) in [7, 11) is 0. The van der Waals surface area contributed by atoms with Gasteiger partial charge in [-0.3, -0.25) is 9.36 Å². The van der Waals surface area contributed by atoms with Gasteiger partial charge in [0.05, 0.1) is 16.8 Å². The van der Waals surface area contributed by atoms with Gasteiger partial charge in [-0.05, 0) is 36.8 Å². The summed E-state index contributed by atoms with van der Waals surface area (Å²) in [6.07, 6.45) is -3.09. The van der Waals surface area contributed by atoms with Gasteiger partial charge < -0.3 is 0 Å². The molecule has 0 amide bonds. The van der Waals surface area contributed by atoms with Crippen LogP contribution in [0, 0.1) is 6.92 Å². The third-order valence-corrected chi connectivity index (χ3v) is 5.07. The van der Waals surface area contributed by atoms with Gasteiger partial charge in [0.2, 0.25) is 0 Å². The van der Waals surface area contributed by atoms with Crippen molar-refractivity contribution in [1.29, 1.82) is 0 Å². The number of benzene rings is 2. The Labute approximate surface area is 173 Å². The maximum absolute atomic E-state index is 13.1. The third-order valence-electron chi connectivity index (χ3n) is 5.07. The fraction of sp³-hybridized carbons (Fsp3) is 0.0909. The van der Waals surface area contributed by atoms with Crippen molar-refractivity contribution in [3.8, 4) is 16.8 Å². The zero-order chi connectivity index (χ0) is 21.8. The molecule has 0 radical (unpaired) electrons. The molecule has 6 nitrogen and oxygen atoms in total. The van der Waals surface area contributed by atoms with Crippen LogP contribution in [0.4, 0.5) is 13.2 Å². The molecular weight excluding hydrogens is 407 g/mol. The van der Waals surface area contributed by atoms with Crippen molar-refractivity contribution in [1.82, 2.24) is 24.4 Å². The highest BCUT2D eigenvalue weighted by molar-refractivity contribution is 5.84. The monoisotopic (exact) mass is 421 g/mol. The van der Waals surface area contributed by atoms with Crippen molar-refractivity contribution in [2.24, 2.45) is 0 Å². The first-order chi connectivity index (χ1) is 14.8. The first kappa shape index (κ1) is 19.0. The molecule has 3 aromatic heterocycles. The molecule has 0 aliphatic heterocycles. The van der Waals surface area contributed by atoms with Gasteiger partial charge >= 0.3 is 6.18 Å². The molecule has 31 heavy (non-hydrogen) atoms. The molecule has 3 heterocycles. The van der Waals surface area contributed by atoms with Crippen LogP contribution in [0.1, 0.15) is 11.3 Å². The number of alkyl halides is 3. The molecule has 0 saturated heterocycles. The Hall–Kier alpha value is -4.01. The van der Waals surface area contributed by atoms with Crippen LogP contribution in [0.25, 0.3) is 33.5 Å². The topological polar surface area (TPSA) is 65.1 Å². The Morgan fingerprint density at radius 2 is 1.71 bits per heavy atom. The summed E-state index contributed by atoms with van der Waals surface area (Å²) in [5.74, 6) is 0. The van der Waals surface area contributed by atoms with E-state index in [0.29, 0.717) is 11.2 Å². The zero-order valence-corrected chi connectivity index (χ0v) is 16.1. The first-order valence-corrected chi connectivity index (χ1v) is 9.35. The van der Waals surface area contributed by atoms with E-state index in [1.807, 2.05) is 37.3 Å². The number of nitrogens with zero attached hydrogens (tertiary/aromatic N) is 5. The predicted octanol–water partition coefficient (Wildman–Crippen LogP) is 4.42. The first-order valence-electron chi connectivity index (χ1n) is 9.35. The third kappa shape index (κ3) is 3.05. The Morgan fingerprint density at radius 1 is 0.935 bits per heavy atom. The van der Waals surface area contributed by atoms with Crippen molar-refractivity contribution in [2.45, 2.75) is 13.1 Å². The molecule has 0 fully saturated rings. The number of hydrogen-bond acceptors (Lipinski definition) is 4. The van der Waals surface area contributed by atoms with Crippen LogP contribution < -0.4 is 5.56 Å². The molecular formula is C22H14F3N5O. The summed E-state index contributed by atoms with van der Waals surface area (Å²) in [4.78, 5) is 13.0. The average Bonchev–Trinajstić information content (AvgIpc) is 3.10. The van der Waals surface area contributed by atoms with Gasteiger partial charge in [-0.15, -0.1) is 10.2 Å². The standard InChI is InChI=1S/C22H14F3N5O/c1-13-18(14-6-3-2-4-7-14)20-27-26-19-17(30(20)28-13)10-11-29(21(19)31)16-9-5-8-15(12-16)22(23,24)25/h2-12H,1H3. The van der Waals surface area contributed by atoms with E-state index in [1.54, 1.807) is 6.07 Å². The van der Waals surface area contributed by atoms with Gasteiger partial charge in [-0.2, -0.15) is 18.3 Å². The zero-order valence-electron chi connectivity index (χ0n) is 16.1. The van der Waals surface area contributed by atoms with E-state index < -0.39 is 17.3 Å². The summed E-state index contributed by atoms with van der Waals surface area (Å²) >= 11 is 0. The highest BCUT2D eigenvalue weighted by Gasteiger charge is 2.30. The summed E-state index contributed by atoms with van der Waals surface area (Å²) in [6, 6.07) is 15.7. The van der Waals surface area contributed by atoms with E-state index in [0.717, 1.165) is 33.5 Å². The van der Waals surface area contributed by atoms with Gasteiger partial charge in [-0.25, -0.2) is 4.52 Å². The van der Waals surface area contributed by atoms with Crippen LogP contribution in [0.2, 0.25) is 0 Å². The van der Waals surface area contributed by atoms with Crippen LogP contribution in [0.3, 0.4) is 0 Å². The molecule has 0 bridgehead atoms. The van der Waals surface area contributed by atoms with Crippen LogP contribution in [-0.2, 0) is 6.18 Å². The highest BCUT2D eigenvalue weighted by atomic mass is 19.4. The number of fused-ring (bicyclic) bond motifs is 3. The number of pyridine rings is 1. The number of halogens is 3. The highest BCUT2D eigenvalue weighted by Crippen LogP contribution is 2.30. The lowest BCUT2D eigenvalue weighted by molar-refractivity contribution is -0.137. The maximum atomic E-state index is 13.1. The smallest absolute Gasteiger partial charge is 0.282 e. The molecule has 0 atom stereocenters. The second kappa shape index (κ2) is 6.76. The van der Waals surface area contributed by atoms with Crippen LogP contribution in [0.5, 0.6) is 0 Å². The van der Waals surface area contributed by atoms with E-state index in [9.17, 15) is 18.0 Å². The van der Waals surface area contributed by atoms with Gasteiger partial charge in [0.25, 0.3) is 5.56 Å². The Morgan fingerprint density at radius 3 is 2.45 bits per heavy atom. The van der Waals surface area contributed by atoms with Crippen LogP contribution >= 0.6 is 0 Å². The summed E-state index contributed by atoms with van der Waals surface area (Å²) in [5.41, 5.74) is 2.03. The second-order valence-electron chi connectivity index (χ2n) is 7.03. The molecule has 5 rings (SSSR count). The Bertz CT molecular complexity index is 1500. The number of rotatable bonds is 2. The van der Waals surface area contributed by atoms with Crippen LogP contribution in [-0.4, -0.2) is 24.4 Å². The number of aromatic nitrogens is 5. The molecule has 0 N–H and O–H groups in total. The van der Waals surface area contributed by atoms with Crippen molar-refractivity contribution in [3.05, 3.63) is 88.5 Å². The Kier molecular flexibility index (Phi) is 4.14. The molecule has 0 aliphatic rings. The van der Waals surface area contributed by atoms with E-state index in [-0.39, 0.29) is 11.2 Å². The maximum Gasteiger partial charge on any atom is 0.416 e. The van der Waals surface area contributed by atoms with Gasteiger partial charge in [0, 0.05) is 11.9 Å². The minimum Gasteiger partial charge on any atom is -0.282 e. The van der Waals surface area contributed by atoms with Gasteiger partial charge in [0.15, 0.2) is 11.2 Å². The minimum absolute atomic E-state index is 0.00882. The van der Waals surface area contributed by atoms with Crippen LogP contribution in [0.15, 0.2) is 71.7 Å².